The molecule has 0 radical (unpaired) electrons. The number of aliphatic carboxylic acids is 1. The van der Waals surface area contributed by atoms with Crippen LogP contribution in [0.5, 0.6) is 0 Å². The van der Waals surface area contributed by atoms with Gasteiger partial charge in [-0.2, -0.15) is 0 Å². The third-order valence-corrected chi connectivity index (χ3v) is 5.05. The first-order valence-electron chi connectivity index (χ1n) is 9.49. The van der Waals surface area contributed by atoms with E-state index in [9.17, 15) is 14.7 Å². The van der Waals surface area contributed by atoms with Gasteiger partial charge in [-0.3, -0.25) is 9.59 Å². The van der Waals surface area contributed by atoms with Crippen molar-refractivity contribution in [2.45, 2.75) is 51.4 Å². The van der Waals surface area contributed by atoms with Gasteiger partial charge in [0.15, 0.2) is 5.82 Å². The number of carbonyl (C=O) groups is 2. The first-order chi connectivity index (χ1) is 12.9. The summed E-state index contributed by atoms with van der Waals surface area (Å²) in [5.74, 6) is -0.191. The summed E-state index contributed by atoms with van der Waals surface area (Å²) in [5, 5.41) is 9.48. The van der Waals surface area contributed by atoms with E-state index in [1.165, 1.54) is 0 Å². The molecule has 2 heterocycles. The molecule has 1 aromatic heterocycles. The fourth-order valence-corrected chi connectivity index (χ4v) is 3.44. The van der Waals surface area contributed by atoms with E-state index in [0.717, 1.165) is 12.8 Å². The number of fused-ring (bicyclic) bond motifs is 1. The van der Waals surface area contributed by atoms with E-state index < -0.39 is 11.4 Å². The molecule has 1 amide bonds. The van der Waals surface area contributed by atoms with Crippen molar-refractivity contribution in [3.63, 3.8) is 0 Å². The van der Waals surface area contributed by atoms with Gasteiger partial charge in [0.05, 0.1) is 5.69 Å². The van der Waals surface area contributed by atoms with Gasteiger partial charge >= 0.3 is 5.97 Å². The van der Waals surface area contributed by atoms with E-state index in [1.54, 1.807) is 18.2 Å². The van der Waals surface area contributed by atoms with Crippen LogP contribution in [0, 0.1) is 0 Å². The largest absolute Gasteiger partial charge is 0.481 e. The lowest BCUT2D eigenvalue weighted by Crippen LogP contribution is -2.34. The van der Waals surface area contributed by atoms with E-state index in [-0.39, 0.29) is 12.3 Å². The van der Waals surface area contributed by atoms with Gasteiger partial charge in [0, 0.05) is 30.6 Å². The average molecular weight is 370 g/mol. The van der Waals surface area contributed by atoms with Crippen LogP contribution in [0.1, 0.15) is 57.2 Å². The number of amides is 1. The summed E-state index contributed by atoms with van der Waals surface area (Å²) < 4.78 is 0. The molecule has 3 N–H and O–H groups in total. The second kappa shape index (κ2) is 7.50. The van der Waals surface area contributed by atoms with Gasteiger partial charge in [-0.15, -0.1) is 0 Å². The number of carbonyl (C=O) groups excluding carboxylic acids is 1. The molecular formula is C20H26N4O3. The predicted octanol–water partition coefficient (Wildman–Crippen LogP) is 2.62. The highest BCUT2D eigenvalue weighted by Gasteiger charge is 2.53. The molecule has 144 valence electrons. The van der Waals surface area contributed by atoms with Gasteiger partial charge in [0.1, 0.15) is 11.3 Å². The molecule has 2 aliphatic rings. The quantitative estimate of drug-likeness (QED) is 0.767. The number of pyridine rings is 1. The average Bonchev–Trinajstić information content (AvgIpc) is 3.44. The lowest BCUT2D eigenvalue weighted by atomic mass is 10.0. The summed E-state index contributed by atoms with van der Waals surface area (Å²) in [6.45, 7) is 5.49. The third-order valence-electron chi connectivity index (χ3n) is 5.05. The zero-order chi connectivity index (χ0) is 19.6. The Labute approximate surface area is 159 Å². The zero-order valence-corrected chi connectivity index (χ0v) is 15.9. The third kappa shape index (κ3) is 3.72. The Kier molecular flexibility index (Phi) is 5.30. The minimum absolute atomic E-state index is 0.0297. The van der Waals surface area contributed by atoms with Crippen molar-refractivity contribution in [1.29, 1.82) is 0 Å². The van der Waals surface area contributed by atoms with Crippen molar-refractivity contribution in [2.24, 2.45) is 10.7 Å². The van der Waals surface area contributed by atoms with Crippen molar-refractivity contribution >= 4 is 29.6 Å². The van der Waals surface area contributed by atoms with Crippen LogP contribution in [0.4, 0.5) is 5.82 Å². The van der Waals surface area contributed by atoms with Crippen LogP contribution < -0.4 is 5.73 Å². The first-order valence-corrected chi connectivity index (χ1v) is 9.49. The van der Waals surface area contributed by atoms with Gasteiger partial charge in [0.2, 0.25) is 5.91 Å². The maximum absolute atomic E-state index is 13.0. The second-order valence-corrected chi connectivity index (χ2v) is 7.24. The number of amidine groups is 1. The molecule has 0 aromatic carbocycles. The van der Waals surface area contributed by atoms with Crippen LogP contribution in [-0.2, 0) is 15.0 Å². The maximum atomic E-state index is 13.0. The fraction of sp³-hybridized carbons (Fsp3) is 0.500. The predicted molar refractivity (Wildman–Crippen MR) is 104 cm³/mol. The van der Waals surface area contributed by atoms with Crippen molar-refractivity contribution < 1.29 is 14.7 Å². The van der Waals surface area contributed by atoms with E-state index in [2.05, 4.69) is 9.98 Å². The van der Waals surface area contributed by atoms with Gasteiger partial charge in [-0.05, 0) is 43.9 Å². The van der Waals surface area contributed by atoms with E-state index >= 15 is 0 Å². The van der Waals surface area contributed by atoms with E-state index in [1.807, 2.05) is 18.7 Å². The molecule has 0 spiro atoms. The number of nitrogens with zero attached hydrogens (tertiary/aromatic N) is 3. The summed E-state index contributed by atoms with van der Waals surface area (Å²) in [6, 6.07) is 3.52. The molecule has 7 heteroatoms. The molecule has 1 fully saturated rings. The number of aromatic nitrogens is 1. The van der Waals surface area contributed by atoms with E-state index in [4.69, 9.17) is 5.73 Å². The highest BCUT2D eigenvalue weighted by Crippen LogP contribution is 2.48. The van der Waals surface area contributed by atoms with Gasteiger partial charge < -0.3 is 15.7 Å². The number of hydrogen-bond acceptors (Lipinski definition) is 5. The lowest BCUT2D eigenvalue weighted by Gasteiger charge is -2.22. The molecule has 1 saturated carbocycles. The second-order valence-electron chi connectivity index (χ2n) is 7.24. The Morgan fingerprint density at radius 1 is 1.22 bits per heavy atom. The molecule has 1 aliphatic carbocycles. The smallest absolute Gasteiger partial charge is 0.315 e. The van der Waals surface area contributed by atoms with Crippen molar-refractivity contribution in [1.82, 2.24) is 9.88 Å². The minimum atomic E-state index is -0.896. The standard InChI is InChI=1S/C20H26N4O3/c1-3-9-24(10-4-2)18(25)14-11-13-5-6-15(20(7-8-20)19(26)27)22-17(13)23-16(21)12-14/h5-6,11H,3-4,7-10,12H2,1-2H3,(H,26,27)(H2,21,22,23). The van der Waals surface area contributed by atoms with Gasteiger partial charge in [-0.25, -0.2) is 9.98 Å². The fourth-order valence-electron chi connectivity index (χ4n) is 3.44. The number of rotatable bonds is 7. The topological polar surface area (TPSA) is 109 Å². The Morgan fingerprint density at radius 3 is 2.44 bits per heavy atom. The minimum Gasteiger partial charge on any atom is -0.481 e. The zero-order valence-electron chi connectivity index (χ0n) is 15.9. The number of carboxylic acids is 1. The number of nitrogens with two attached hydrogens (primary N) is 1. The Bertz CT molecular complexity index is 819. The molecule has 1 aliphatic heterocycles. The molecular weight excluding hydrogens is 344 g/mol. The molecule has 3 rings (SSSR count). The molecule has 0 unspecified atom stereocenters. The summed E-state index contributed by atoms with van der Waals surface area (Å²) in [7, 11) is 0. The van der Waals surface area contributed by atoms with Crippen LogP contribution in [0.2, 0.25) is 0 Å². The SMILES string of the molecule is CCCN(CCC)C(=O)C1=Cc2ccc(C3(C(=O)O)CC3)nc2N=C(N)C1. The van der Waals surface area contributed by atoms with Crippen LogP contribution in [0.3, 0.4) is 0 Å². The normalized spacial score (nSPS) is 17.3. The van der Waals surface area contributed by atoms with E-state index in [0.29, 0.717) is 54.4 Å². The monoisotopic (exact) mass is 370 g/mol. The molecule has 0 atom stereocenters. The maximum Gasteiger partial charge on any atom is 0.315 e. The van der Waals surface area contributed by atoms with Crippen molar-refractivity contribution in [3.05, 3.63) is 29.0 Å². The van der Waals surface area contributed by atoms with Crippen LogP contribution in [-0.4, -0.2) is 45.8 Å². The van der Waals surface area contributed by atoms with Crippen molar-refractivity contribution in [2.75, 3.05) is 13.1 Å². The van der Waals surface area contributed by atoms with Gasteiger partial charge in [-0.1, -0.05) is 13.8 Å². The first kappa shape index (κ1) is 19.1. The highest BCUT2D eigenvalue weighted by molar-refractivity contribution is 6.05. The number of aliphatic imine (C=N–C) groups is 1. The molecule has 0 bridgehead atoms. The summed E-state index contributed by atoms with van der Waals surface area (Å²) in [5.41, 5.74) is 6.93. The molecule has 7 nitrogen and oxygen atoms in total. The molecule has 27 heavy (non-hydrogen) atoms. The lowest BCUT2D eigenvalue weighted by molar-refractivity contribution is -0.140. The Morgan fingerprint density at radius 2 is 1.89 bits per heavy atom. The molecule has 1 aromatic rings. The summed E-state index contributed by atoms with van der Waals surface area (Å²) in [4.78, 5) is 35.2. The van der Waals surface area contributed by atoms with Gasteiger partial charge in [0.25, 0.3) is 0 Å². The van der Waals surface area contributed by atoms with Crippen LogP contribution in [0.15, 0.2) is 22.7 Å². The highest BCUT2D eigenvalue weighted by atomic mass is 16.4. The number of carboxylic acid groups (broad SMARTS) is 1. The summed E-state index contributed by atoms with van der Waals surface area (Å²) in [6.07, 6.45) is 4.99. The van der Waals surface area contributed by atoms with Crippen LogP contribution in [0.25, 0.3) is 6.08 Å². The summed E-state index contributed by atoms with van der Waals surface area (Å²) >= 11 is 0. The Hall–Kier alpha value is -2.70. The Balaban J connectivity index is 1.96. The van der Waals surface area contributed by atoms with Crippen molar-refractivity contribution in [3.8, 4) is 0 Å². The molecule has 0 saturated heterocycles. The van der Waals surface area contributed by atoms with Crippen LogP contribution >= 0.6 is 0 Å². The number of hydrogen-bond donors (Lipinski definition) is 2.